The number of aliphatic hydroxyl groups is 1. The maximum atomic E-state index is 13.7. The Kier molecular flexibility index (Phi) is 8.77. The Morgan fingerprint density at radius 2 is 1.57 bits per heavy atom. The molecule has 1 heterocycles. The SMILES string of the molecule is Cn1nnnc1C(/C=C/C(O)CC(=O)CC(=O)OC(C)(C)C)=C(c1ccc(F)cc1)c1ccc(F)cc1. The third-order valence-electron chi connectivity index (χ3n) is 5.08. The lowest BCUT2D eigenvalue weighted by Gasteiger charge is -2.19. The predicted octanol–water partition coefficient (Wildman–Crippen LogP) is 4.06. The minimum atomic E-state index is -1.23. The summed E-state index contributed by atoms with van der Waals surface area (Å²) < 4.78 is 33.9. The second-order valence-corrected chi connectivity index (χ2v) is 9.36. The molecule has 1 atom stereocenters. The van der Waals surface area contributed by atoms with Gasteiger partial charge in [-0.25, -0.2) is 13.5 Å². The maximum Gasteiger partial charge on any atom is 0.313 e. The van der Waals surface area contributed by atoms with Crippen molar-refractivity contribution in [2.24, 2.45) is 7.05 Å². The van der Waals surface area contributed by atoms with Crippen molar-refractivity contribution in [2.75, 3.05) is 0 Å². The molecule has 194 valence electrons. The third kappa shape index (κ3) is 7.97. The number of aromatic nitrogens is 4. The Morgan fingerprint density at radius 3 is 2.03 bits per heavy atom. The first-order valence-corrected chi connectivity index (χ1v) is 11.5. The summed E-state index contributed by atoms with van der Waals surface area (Å²) in [5.74, 6) is -1.71. The molecule has 0 amide bonds. The van der Waals surface area contributed by atoms with E-state index in [-0.39, 0.29) is 6.42 Å². The Morgan fingerprint density at radius 1 is 1.03 bits per heavy atom. The van der Waals surface area contributed by atoms with Crippen molar-refractivity contribution in [3.05, 3.63) is 89.3 Å². The summed E-state index contributed by atoms with van der Waals surface area (Å²) in [7, 11) is 1.62. The van der Waals surface area contributed by atoms with E-state index in [0.717, 1.165) is 0 Å². The molecule has 0 radical (unpaired) electrons. The molecule has 0 aliphatic heterocycles. The molecule has 3 aromatic rings. The molecule has 1 unspecified atom stereocenters. The molecule has 0 spiro atoms. The minimum absolute atomic E-state index is 0.312. The predicted molar refractivity (Wildman–Crippen MR) is 133 cm³/mol. The van der Waals surface area contributed by atoms with Crippen molar-refractivity contribution in [3.63, 3.8) is 0 Å². The number of carbonyl (C=O) groups excluding carboxylic acids is 2. The van der Waals surface area contributed by atoms with Gasteiger partial charge in [0, 0.05) is 19.0 Å². The van der Waals surface area contributed by atoms with Crippen LogP contribution >= 0.6 is 0 Å². The average Bonchev–Trinajstić information content (AvgIpc) is 3.22. The summed E-state index contributed by atoms with van der Waals surface area (Å²) in [5, 5.41) is 22.2. The maximum absolute atomic E-state index is 13.7. The van der Waals surface area contributed by atoms with Gasteiger partial charge in [-0.1, -0.05) is 36.4 Å². The highest BCUT2D eigenvalue weighted by atomic mass is 19.1. The molecule has 0 saturated carbocycles. The van der Waals surface area contributed by atoms with Gasteiger partial charge in [0.2, 0.25) is 0 Å². The molecule has 37 heavy (non-hydrogen) atoms. The van der Waals surface area contributed by atoms with Gasteiger partial charge in [0.15, 0.2) is 5.82 Å². The van der Waals surface area contributed by atoms with Gasteiger partial charge in [0.25, 0.3) is 0 Å². The molecule has 1 aromatic heterocycles. The number of nitrogens with zero attached hydrogens (tertiary/aromatic N) is 4. The number of tetrazole rings is 1. The fourth-order valence-electron chi connectivity index (χ4n) is 3.56. The molecule has 1 N–H and O–H groups in total. The van der Waals surface area contributed by atoms with Crippen molar-refractivity contribution in [1.82, 2.24) is 20.2 Å². The van der Waals surface area contributed by atoms with E-state index in [0.29, 0.717) is 28.1 Å². The van der Waals surface area contributed by atoms with Crippen molar-refractivity contribution in [3.8, 4) is 0 Å². The van der Waals surface area contributed by atoms with Gasteiger partial charge in [0.1, 0.15) is 29.4 Å². The zero-order valence-electron chi connectivity index (χ0n) is 21.0. The number of allylic oxidation sites excluding steroid dienone is 2. The highest BCUT2D eigenvalue weighted by molar-refractivity contribution is 6.01. The summed E-state index contributed by atoms with van der Waals surface area (Å²) in [4.78, 5) is 24.2. The van der Waals surface area contributed by atoms with Crippen molar-refractivity contribution in [1.29, 1.82) is 0 Å². The molecule has 0 aliphatic rings. The molecular formula is C27H28F2N4O4. The van der Waals surface area contributed by atoms with Crippen LogP contribution in [0.5, 0.6) is 0 Å². The van der Waals surface area contributed by atoms with E-state index in [1.54, 1.807) is 58.2 Å². The standard InChI is InChI=1S/C27H28F2N4O4/c1-27(2,3)37-24(36)16-22(35)15-21(34)13-14-23(26-30-31-32-33(26)4)25(17-5-9-19(28)10-6-17)18-7-11-20(29)12-8-18/h5-14,21,34H,15-16H2,1-4H3/b14-13+. The van der Waals surface area contributed by atoms with Crippen LogP contribution in [0.4, 0.5) is 8.78 Å². The van der Waals surface area contributed by atoms with Crippen LogP contribution < -0.4 is 0 Å². The van der Waals surface area contributed by atoms with Crippen LogP contribution in [0.3, 0.4) is 0 Å². The number of esters is 1. The van der Waals surface area contributed by atoms with Crippen LogP contribution in [0.15, 0.2) is 60.7 Å². The molecule has 0 aliphatic carbocycles. The normalized spacial score (nSPS) is 12.4. The number of ether oxygens (including phenoxy) is 1. The first-order valence-electron chi connectivity index (χ1n) is 11.5. The number of halogens is 2. The Labute approximate surface area is 213 Å². The Bertz CT molecular complexity index is 1260. The third-order valence-corrected chi connectivity index (χ3v) is 5.08. The van der Waals surface area contributed by atoms with Crippen LogP contribution in [-0.2, 0) is 21.4 Å². The number of aliphatic hydroxyl groups excluding tert-OH is 1. The van der Waals surface area contributed by atoms with E-state index in [9.17, 15) is 23.5 Å². The van der Waals surface area contributed by atoms with E-state index < -0.39 is 41.5 Å². The van der Waals surface area contributed by atoms with Crippen LogP contribution in [-0.4, -0.2) is 48.8 Å². The topological polar surface area (TPSA) is 107 Å². The van der Waals surface area contributed by atoms with Gasteiger partial charge < -0.3 is 9.84 Å². The Balaban J connectivity index is 2.00. The van der Waals surface area contributed by atoms with E-state index in [2.05, 4.69) is 15.5 Å². The summed E-state index contributed by atoms with van der Waals surface area (Å²) in [6.45, 7) is 5.09. The fourth-order valence-corrected chi connectivity index (χ4v) is 3.56. The number of aryl methyl sites for hydroxylation is 1. The van der Waals surface area contributed by atoms with E-state index in [1.165, 1.54) is 35.0 Å². The van der Waals surface area contributed by atoms with Gasteiger partial charge >= 0.3 is 5.97 Å². The minimum Gasteiger partial charge on any atom is -0.460 e. The first-order chi connectivity index (χ1) is 17.4. The van der Waals surface area contributed by atoms with E-state index >= 15 is 0 Å². The Hall–Kier alpha value is -4.05. The van der Waals surface area contributed by atoms with Crippen molar-refractivity contribution in [2.45, 2.75) is 45.3 Å². The fraction of sp³-hybridized carbons (Fsp3) is 0.296. The van der Waals surface area contributed by atoms with Crippen LogP contribution in [0.25, 0.3) is 11.1 Å². The first kappa shape index (κ1) is 27.5. The molecule has 0 saturated heterocycles. The summed E-state index contributed by atoms with van der Waals surface area (Å²) in [6, 6.07) is 11.4. The second-order valence-electron chi connectivity index (χ2n) is 9.36. The van der Waals surface area contributed by atoms with Gasteiger partial charge in [-0.05, 0) is 72.2 Å². The lowest BCUT2D eigenvalue weighted by atomic mass is 9.91. The number of benzene rings is 2. The number of hydrogen-bond donors (Lipinski definition) is 1. The highest BCUT2D eigenvalue weighted by Gasteiger charge is 2.21. The monoisotopic (exact) mass is 510 g/mol. The van der Waals surface area contributed by atoms with Gasteiger partial charge in [-0.15, -0.1) is 5.10 Å². The van der Waals surface area contributed by atoms with Crippen molar-refractivity contribution >= 4 is 22.9 Å². The lowest BCUT2D eigenvalue weighted by Crippen LogP contribution is -2.26. The van der Waals surface area contributed by atoms with Crippen LogP contribution in [0.1, 0.15) is 50.6 Å². The number of Topliss-reactive ketones (excluding diaryl/α,β-unsaturated/α-hetero) is 1. The number of ketones is 1. The number of carbonyl (C=O) groups is 2. The molecule has 10 heteroatoms. The molecule has 0 fully saturated rings. The number of hydrogen-bond acceptors (Lipinski definition) is 7. The lowest BCUT2D eigenvalue weighted by molar-refractivity contribution is -0.156. The average molecular weight is 511 g/mol. The molecule has 3 rings (SSSR count). The molecule has 8 nitrogen and oxygen atoms in total. The number of rotatable bonds is 9. The van der Waals surface area contributed by atoms with Crippen molar-refractivity contribution < 1.29 is 28.2 Å². The molecule has 0 bridgehead atoms. The molecular weight excluding hydrogens is 482 g/mol. The van der Waals surface area contributed by atoms with E-state index in [1.807, 2.05) is 0 Å². The largest absolute Gasteiger partial charge is 0.460 e. The summed E-state index contributed by atoms with van der Waals surface area (Å²) in [5.41, 5.74) is 1.43. The van der Waals surface area contributed by atoms with Gasteiger partial charge in [-0.2, -0.15) is 0 Å². The van der Waals surface area contributed by atoms with Gasteiger partial charge in [-0.3, -0.25) is 9.59 Å². The summed E-state index contributed by atoms with van der Waals surface area (Å²) >= 11 is 0. The smallest absolute Gasteiger partial charge is 0.313 e. The van der Waals surface area contributed by atoms with Crippen LogP contribution in [0.2, 0.25) is 0 Å². The second kappa shape index (κ2) is 11.8. The summed E-state index contributed by atoms with van der Waals surface area (Å²) in [6.07, 6.45) is 0.911. The zero-order chi connectivity index (χ0) is 27.2. The van der Waals surface area contributed by atoms with E-state index in [4.69, 9.17) is 4.74 Å². The highest BCUT2D eigenvalue weighted by Crippen LogP contribution is 2.32. The quantitative estimate of drug-likeness (QED) is 0.263. The molecule has 2 aromatic carbocycles. The van der Waals surface area contributed by atoms with Crippen LogP contribution in [0, 0.1) is 11.6 Å². The van der Waals surface area contributed by atoms with Gasteiger partial charge in [0.05, 0.1) is 6.10 Å². The zero-order valence-corrected chi connectivity index (χ0v) is 21.0.